The minimum absolute atomic E-state index is 0.296. The van der Waals surface area contributed by atoms with Crippen LogP contribution in [-0.4, -0.2) is 79.4 Å². The summed E-state index contributed by atoms with van der Waals surface area (Å²) in [4.78, 5) is 40.6. The summed E-state index contributed by atoms with van der Waals surface area (Å²) in [5.74, 6) is -3.39. The lowest BCUT2D eigenvalue weighted by Crippen LogP contribution is -2.40. The van der Waals surface area contributed by atoms with E-state index >= 15 is 4.39 Å². The van der Waals surface area contributed by atoms with Gasteiger partial charge in [0.25, 0.3) is 6.29 Å². The highest BCUT2D eigenvalue weighted by molar-refractivity contribution is 5.91. The van der Waals surface area contributed by atoms with Gasteiger partial charge in [-0.1, -0.05) is 6.07 Å². The minimum atomic E-state index is -5.08. The molecular weight excluding hydrogens is 558 g/mol. The Kier molecular flexibility index (Phi) is 8.46. The number of ether oxygens (including phenoxy) is 2. The number of carbonyl (C=O) groups excluding carboxylic acids is 2. The molecule has 2 aliphatic heterocycles. The van der Waals surface area contributed by atoms with E-state index in [0.29, 0.717) is 34.8 Å². The monoisotopic (exact) mass is 581 g/mol. The molecule has 3 aromatic rings. The number of alkyl halides is 3. The van der Waals surface area contributed by atoms with Crippen molar-refractivity contribution in [1.29, 1.82) is 0 Å². The number of amides is 1. The molecule has 0 saturated carbocycles. The molecule has 4 heterocycles. The van der Waals surface area contributed by atoms with Crippen molar-refractivity contribution < 1.29 is 46.5 Å². The van der Waals surface area contributed by atoms with Crippen LogP contribution in [0.15, 0.2) is 36.5 Å². The normalized spacial score (nSPS) is 20.3. The van der Waals surface area contributed by atoms with Crippen LogP contribution in [0.25, 0.3) is 22.6 Å². The Morgan fingerprint density at radius 3 is 2.49 bits per heavy atom. The number of esters is 1. The number of halogens is 4. The second-order valence-electron chi connectivity index (χ2n) is 8.95. The predicted octanol–water partition coefficient (Wildman–Crippen LogP) is 2.68. The number of nitrogens with zero attached hydrogens (tertiary/aromatic N) is 6. The zero-order chi connectivity index (χ0) is 29.9. The van der Waals surface area contributed by atoms with E-state index in [1.54, 1.807) is 38.2 Å². The predicted molar refractivity (Wildman–Crippen MR) is 130 cm³/mol. The van der Waals surface area contributed by atoms with E-state index in [-0.39, 0.29) is 0 Å². The maximum atomic E-state index is 15.0. The number of hydrogen-bond donors (Lipinski definition) is 2. The number of carboxylic acid groups (broad SMARTS) is 1. The van der Waals surface area contributed by atoms with Crippen molar-refractivity contribution in [2.45, 2.75) is 44.3 Å². The molecule has 41 heavy (non-hydrogen) atoms. The van der Waals surface area contributed by atoms with E-state index in [2.05, 4.69) is 25.7 Å². The first-order valence-corrected chi connectivity index (χ1v) is 12.1. The number of hydrogen-bond acceptors (Lipinski definition) is 10. The Morgan fingerprint density at radius 2 is 1.95 bits per heavy atom. The van der Waals surface area contributed by atoms with Gasteiger partial charge in [-0.15, -0.1) is 10.2 Å². The average molecular weight is 581 g/mol. The zero-order valence-electron chi connectivity index (χ0n) is 21.5. The van der Waals surface area contributed by atoms with Crippen LogP contribution < -0.4 is 10.2 Å². The number of aliphatic carboxylic acids is 1. The lowest BCUT2D eigenvalue weighted by atomic mass is 10.1. The molecule has 2 aromatic heterocycles. The van der Waals surface area contributed by atoms with Crippen LogP contribution in [0.4, 0.5) is 28.0 Å². The Morgan fingerprint density at radius 1 is 1.22 bits per heavy atom. The SMILES string of the molecule is C[C@@H]1C(OC(=O)[C@@H]2CCCN2)OC(=O)N1c1ccc(-c2ccc(-c3nnn(C)n3)nc2)c(F)c1.O=C(O)C(F)(F)F. The van der Waals surface area contributed by atoms with Crippen molar-refractivity contribution in [1.82, 2.24) is 30.5 Å². The largest absolute Gasteiger partial charge is 0.490 e. The quantitative estimate of drug-likeness (QED) is 0.337. The second kappa shape index (κ2) is 11.8. The Balaban J connectivity index is 0.000000493. The number of aryl methyl sites for hydroxylation is 1. The summed E-state index contributed by atoms with van der Waals surface area (Å²) in [6, 6.07) is 6.77. The van der Waals surface area contributed by atoms with Gasteiger partial charge < -0.3 is 19.9 Å². The number of cyclic esters (lactones) is 1. The van der Waals surface area contributed by atoms with E-state index in [1.807, 2.05) is 0 Å². The molecule has 1 amide bonds. The summed E-state index contributed by atoms with van der Waals surface area (Å²) in [6.07, 6.45) is -3.79. The van der Waals surface area contributed by atoms with Gasteiger partial charge in [-0.05, 0) is 55.8 Å². The Hall–Kier alpha value is -4.67. The van der Waals surface area contributed by atoms with Gasteiger partial charge in [0.15, 0.2) is 0 Å². The van der Waals surface area contributed by atoms with Gasteiger partial charge in [0.05, 0.1) is 12.7 Å². The third kappa shape index (κ3) is 6.74. The van der Waals surface area contributed by atoms with E-state index in [0.717, 1.165) is 13.0 Å². The van der Waals surface area contributed by atoms with Crippen molar-refractivity contribution in [2.75, 3.05) is 11.4 Å². The Labute approximate surface area is 229 Å². The van der Waals surface area contributed by atoms with Crippen LogP contribution in [0.5, 0.6) is 0 Å². The van der Waals surface area contributed by atoms with Crippen LogP contribution >= 0.6 is 0 Å². The second-order valence-corrected chi connectivity index (χ2v) is 8.95. The first-order valence-electron chi connectivity index (χ1n) is 12.1. The molecule has 5 rings (SSSR count). The van der Waals surface area contributed by atoms with Crippen molar-refractivity contribution >= 4 is 23.7 Å². The molecule has 2 fully saturated rings. The van der Waals surface area contributed by atoms with Crippen molar-refractivity contribution in [2.24, 2.45) is 7.05 Å². The van der Waals surface area contributed by atoms with Crippen molar-refractivity contribution in [3.63, 3.8) is 0 Å². The van der Waals surface area contributed by atoms with E-state index in [4.69, 9.17) is 19.4 Å². The maximum Gasteiger partial charge on any atom is 0.490 e. The van der Waals surface area contributed by atoms with Gasteiger partial charge in [-0.25, -0.2) is 14.0 Å². The molecule has 17 heteroatoms. The van der Waals surface area contributed by atoms with Crippen molar-refractivity contribution in [3.8, 4) is 22.6 Å². The van der Waals surface area contributed by atoms with Crippen molar-refractivity contribution in [3.05, 3.63) is 42.3 Å². The summed E-state index contributed by atoms with van der Waals surface area (Å²) in [5.41, 5.74) is 1.66. The molecular formula is C24H23F4N7O6. The highest BCUT2D eigenvalue weighted by Crippen LogP contribution is 2.32. The van der Waals surface area contributed by atoms with E-state index < -0.39 is 48.4 Å². The number of anilines is 1. The summed E-state index contributed by atoms with van der Waals surface area (Å²) in [5, 5.41) is 21.9. The number of pyridine rings is 1. The number of aromatic nitrogens is 5. The fourth-order valence-corrected chi connectivity index (χ4v) is 4.05. The lowest BCUT2D eigenvalue weighted by Gasteiger charge is -2.21. The molecule has 218 valence electrons. The first-order chi connectivity index (χ1) is 19.3. The van der Waals surface area contributed by atoms with Gasteiger partial charge in [-0.3, -0.25) is 14.7 Å². The summed E-state index contributed by atoms with van der Waals surface area (Å²) in [7, 11) is 1.65. The van der Waals surface area contributed by atoms with Gasteiger partial charge in [-0.2, -0.15) is 18.0 Å². The van der Waals surface area contributed by atoms with Crippen LogP contribution in [0.1, 0.15) is 19.8 Å². The topological polar surface area (TPSA) is 162 Å². The highest BCUT2D eigenvalue weighted by Gasteiger charge is 2.43. The number of rotatable bonds is 5. The van der Waals surface area contributed by atoms with Crippen LogP contribution in [0.2, 0.25) is 0 Å². The summed E-state index contributed by atoms with van der Waals surface area (Å²) in [6.45, 7) is 2.42. The third-order valence-electron chi connectivity index (χ3n) is 6.08. The molecule has 1 aromatic carbocycles. The molecule has 13 nitrogen and oxygen atoms in total. The molecule has 0 spiro atoms. The first kappa shape index (κ1) is 29.3. The molecule has 0 bridgehead atoms. The van der Waals surface area contributed by atoms with Gasteiger partial charge in [0.2, 0.25) is 5.82 Å². The third-order valence-corrected chi connectivity index (χ3v) is 6.08. The van der Waals surface area contributed by atoms with Crippen LogP contribution in [0, 0.1) is 5.82 Å². The van der Waals surface area contributed by atoms with Crippen LogP contribution in [0.3, 0.4) is 0 Å². The number of carbonyl (C=O) groups is 3. The smallest absolute Gasteiger partial charge is 0.475 e. The summed E-state index contributed by atoms with van der Waals surface area (Å²) >= 11 is 0. The molecule has 2 saturated heterocycles. The number of carboxylic acids is 1. The maximum absolute atomic E-state index is 15.0. The lowest BCUT2D eigenvalue weighted by molar-refractivity contribution is -0.192. The summed E-state index contributed by atoms with van der Waals surface area (Å²) < 4.78 is 57.4. The zero-order valence-corrected chi connectivity index (χ0v) is 21.5. The number of nitrogens with one attached hydrogen (secondary N) is 1. The number of tetrazole rings is 1. The van der Waals surface area contributed by atoms with Gasteiger partial charge in [0, 0.05) is 17.3 Å². The molecule has 0 aliphatic carbocycles. The Bertz CT molecular complexity index is 1430. The highest BCUT2D eigenvalue weighted by atomic mass is 19.4. The van der Waals surface area contributed by atoms with E-state index in [9.17, 15) is 22.8 Å². The molecule has 1 unspecified atom stereocenters. The van der Waals surface area contributed by atoms with Gasteiger partial charge in [0.1, 0.15) is 23.6 Å². The van der Waals surface area contributed by atoms with E-state index in [1.165, 1.54) is 22.0 Å². The molecule has 2 N–H and O–H groups in total. The standard InChI is InChI=1S/C22H22FN7O4.C2HF3O2/c1-12-21(33-20(31)18-4-3-9-24-18)34-22(32)30(12)14-6-7-15(16(23)10-14)13-5-8-17(25-11-13)19-26-28-29(2)27-19;3-2(4,5)1(6)7/h5-8,10-12,18,21,24H,3-4,9H2,1-2H3;(H,6,7)/t12-,18+,21?;/m1./s1. The minimum Gasteiger partial charge on any atom is -0.475 e. The molecule has 2 aliphatic rings. The van der Waals surface area contributed by atoms with Gasteiger partial charge >= 0.3 is 24.2 Å². The van der Waals surface area contributed by atoms with Crippen LogP contribution in [-0.2, 0) is 26.1 Å². The molecule has 3 atom stereocenters. The average Bonchev–Trinajstić information content (AvgIpc) is 3.66. The molecule has 0 radical (unpaired) electrons. The fraction of sp³-hybridized carbons (Fsp3) is 0.375. The fourth-order valence-electron chi connectivity index (χ4n) is 4.05. The number of benzene rings is 1.